The normalized spacial score (nSPS) is 12.9. The first-order valence-corrected chi connectivity index (χ1v) is 4.58. The number of aromatic nitrogens is 2. The molecule has 1 atom stereocenters. The van der Waals surface area contributed by atoms with Crippen molar-refractivity contribution >= 4 is 11.6 Å². The minimum atomic E-state index is -0.00655. The maximum Gasteiger partial charge on any atom is 0.144 e. The topological polar surface area (TPSA) is 84.1 Å². The minimum Gasteiger partial charge on any atom is -0.394 e. The van der Waals surface area contributed by atoms with Crippen molar-refractivity contribution in [2.45, 2.75) is 19.9 Å². The summed E-state index contributed by atoms with van der Waals surface area (Å²) in [5.74, 6) is 1.35. The lowest BCUT2D eigenvalue weighted by molar-refractivity contribution is 0.249. The largest absolute Gasteiger partial charge is 0.394 e. The molecule has 4 N–H and O–H groups in total. The van der Waals surface area contributed by atoms with Gasteiger partial charge in [0.25, 0.3) is 0 Å². The highest BCUT2D eigenvalue weighted by molar-refractivity contribution is 5.36. The number of hydrogen-bond donors (Lipinski definition) is 3. The quantitative estimate of drug-likeness (QED) is 0.652. The molecule has 5 nitrogen and oxygen atoms in total. The first-order chi connectivity index (χ1) is 6.63. The molecule has 0 aliphatic rings. The zero-order valence-electron chi connectivity index (χ0n) is 8.44. The molecule has 0 aliphatic heterocycles. The summed E-state index contributed by atoms with van der Waals surface area (Å²) in [7, 11) is 0. The van der Waals surface area contributed by atoms with Crippen molar-refractivity contribution in [1.82, 2.24) is 9.97 Å². The molecule has 0 aromatic carbocycles. The third-order valence-corrected chi connectivity index (χ3v) is 2.01. The van der Waals surface area contributed by atoms with Gasteiger partial charge in [0, 0.05) is 0 Å². The number of rotatable bonds is 4. The third kappa shape index (κ3) is 2.85. The van der Waals surface area contributed by atoms with Crippen molar-refractivity contribution in [3.05, 3.63) is 12.4 Å². The smallest absolute Gasteiger partial charge is 0.144 e. The van der Waals surface area contributed by atoms with E-state index in [1.807, 2.05) is 13.8 Å². The van der Waals surface area contributed by atoms with Crippen LogP contribution in [-0.2, 0) is 0 Å². The number of nitrogens with zero attached hydrogens (tertiary/aromatic N) is 2. The Morgan fingerprint density at radius 3 is 2.57 bits per heavy atom. The van der Waals surface area contributed by atoms with Crippen LogP contribution >= 0.6 is 0 Å². The van der Waals surface area contributed by atoms with Crippen LogP contribution in [0.4, 0.5) is 11.6 Å². The van der Waals surface area contributed by atoms with E-state index >= 15 is 0 Å². The lowest BCUT2D eigenvalue weighted by Gasteiger charge is -2.19. The van der Waals surface area contributed by atoms with E-state index in [1.165, 1.54) is 6.20 Å². The minimum absolute atomic E-state index is 0.00655. The first kappa shape index (κ1) is 10.7. The Morgan fingerprint density at radius 1 is 1.43 bits per heavy atom. The lowest BCUT2D eigenvalue weighted by Crippen LogP contribution is -2.29. The molecule has 1 aromatic rings. The zero-order chi connectivity index (χ0) is 10.6. The predicted octanol–water partition coefficient (Wildman–Crippen LogP) is 0.488. The molecule has 5 heteroatoms. The molecule has 0 amide bonds. The van der Waals surface area contributed by atoms with E-state index in [2.05, 4.69) is 15.3 Å². The number of hydrogen-bond acceptors (Lipinski definition) is 5. The fourth-order valence-electron chi connectivity index (χ4n) is 1.03. The van der Waals surface area contributed by atoms with Gasteiger partial charge in [-0.2, -0.15) is 0 Å². The molecule has 0 aliphatic carbocycles. The van der Waals surface area contributed by atoms with E-state index in [0.29, 0.717) is 17.6 Å². The Hall–Kier alpha value is -1.36. The molecule has 0 saturated carbocycles. The van der Waals surface area contributed by atoms with Gasteiger partial charge in [-0.1, -0.05) is 13.8 Å². The highest BCUT2D eigenvalue weighted by Gasteiger charge is 2.11. The van der Waals surface area contributed by atoms with Crippen molar-refractivity contribution < 1.29 is 5.11 Å². The molecular weight excluding hydrogens is 180 g/mol. The van der Waals surface area contributed by atoms with Crippen LogP contribution < -0.4 is 11.1 Å². The molecular formula is C9H16N4O. The lowest BCUT2D eigenvalue weighted by atomic mass is 10.1. The molecule has 14 heavy (non-hydrogen) atoms. The van der Waals surface area contributed by atoms with Crippen molar-refractivity contribution in [3.63, 3.8) is 0 Å². The highest BCUT2D eigenvalue weighted by atomic mass is 16.3. The van der Waals surface area contributed by atoms with E-state index in [1.54, 1.807) is 6.20 Å². The second kappa shape index (κ2) is 4.76. The molecule has 1 aromatic heterocycles. The predicted molar refractivity (Wildman–Crippen MR) is 55.8 cm³/mol. The fourth-order valence-corrected chi connectivity index (χ4v) is 1.03. The molecule has 0 bridgehead atoms. The number of nitrogen functional groups attached to an aromatic ring is 1. The maximum atomic E-state index is 9.08. The highest BCUT2D eigenvalue weighted by Crippen LogP contribution is 2.09. The van der Waals surface area contributed by atoms with Gasteiger partial charge in [0.05, 0.1) is 25.0 Å². The second-order valence-corrected chi connectivity index (χ2v) is 3.50. The standard InChI is InChI=1S/C9H16N4O/c1-6(2)7(5-14)13-9-4-11-8(10)3-12-9/h3-4,6-7,14H,5H2,1-2H3,(H2,10,11)(H,12,13)/t7-/m1/s1. The zero-order valence-corrected chi connectivity index (χ0v) is 8.44. The first-order valence-electron chi connectivity index (χ1n) is 4.58. The molecule has 0 saturated heterocycles. The summed E-state index contributed by atoms with van der Waals surface area (Å²) in [5.41, 5.74) is 5.40. The van der Waals surface area contributed by atoms with Crippen LogP contribution in [0.1, 0.15) is 13.8 Å². The van der Waals surface area contributed by atoms with Gasteiger partial charge in [-0.05, 0) is 5.92 Å². The van der Waals surface area contributed by atoms with Gasteiger partial charge in [0.2, 0.25) is 0 Å². The molecule has 1 rings (SSSR count). The summed E-state index contributed by atoms with van der Waals surface area (Å²) in [6.07, 6.45) is 3.04. The summed E-state index contributed by atoms with van der Waals surface area (Å²) in [6.45, 7) is 4.13. The Bertz CT molecular complexity index is 273. The van der Waals surface area contributed by atoms with E-state index < -0.39 is 0 Å². The van der Waals surface area contributed by atoms with Gasteiger partial charge in [-0.25, -0.2) is 9.97 Å². The molecule has 1 heterocycles. The number of nitrogens with two attached hydrogens (primary N) is 1. The summed E-state index contributed by atoms with van der Waals surface area (Å²) < 4.78 is 0. The van der Waals surface area contributed by atoms with E-state index in [9.17, 15) is 0 Å². The molecule has 0 spiro atoms. The van der Waals surface area contributed by atoms with Crippen molar-refractivity contribution in [3.8, 4) is 0 Å². The van der Waals surface area contributed by atoms with Crippen LogP contribution in [0.3, 0.4) is 0 Å². The number of aliphatic hydroxyl groups excluding tert-OH is 1. The summed E-state index contributed by atoms with van der Waals surface area (Å²) in [6, 6.07) is -0.00655. The van der Waals surface area contributed by atoms with Gasteiger partial charge >= 0.3 is 0 Å². The van der Waals surface area contributed by atoms with Crippen molar-refractivity contribution in [2.24, 2.45) is 5.92 Å². The molecule has 78 valence electrons. The van der Waals surface area contributed by atoms with Gasteiger partial charge in [0.15, 0.2) is 0 Å². The Morgan fingerprint density at radius 2 is 2.14 bits per heavy atom. The van der Waals surface area contributed by atoms with Crippen LogP contribution in [0.5, 0.6) is 0 Å². The van der Waals surface area contributed by atoms with Gasteiger partial charge < -0.3 is 16.2 Å². The van der Waals surface area contributed by atoms with E-state index in [0.717, 1.165) is 0 Å². The van der Waals surface area contributed by atoms with Gasteiger partial charge in [0.1, 0.15) is 11.6 Å². The van der Waals surface area contributed by atoms with Crippen LogP contribution in [0.15, 0.2) is 12.4 Å². The van der Waals surface area contributed by atoms with Gasteiger partial charge in [-0.15, -0.1) is 0 Å². The van der Waals surface area contributed by atoms with Gasteiger partial charge in [-0.3, -0.25) is 0 Å². The Labute approximate surface area is 83.4 Å². The average molecular weight is 196 g/mol. The van der Waals surface area contributed by atoms with Crippen LogP contribution in [0.25, 0.3) is 0 Å². The van der Waals surface area contributed by atoms with E-state index in [-0.39, 0.29) is 12.6 Å². The maximum absolute atomic E-state index is 9.08. The molecule has 0 radical (unpaired) electrons. The SMILES string of the molecule is CC(C)[C@@H](CO)Nc1cnc(N)cn1. The van der Waals surface area contributed by atoms with Crippen LogP contribution in [0, 0.1) is 5.92 Å². The van der Waals surface area contributed by atoms with Crippen molar-refractivity contribution in [2.75, 3.05) is 17.7 Å². The number of anilines is 2. The van der Waals surface area contributed by atoms with E-state index in [4.69, 9.17) is 10.8 Å². The number of aliphatic hydroxyl groups is 1. The Kier molecular flexibility index (Phi) is 3.64. The number of nitrogens with one attached hydrogen (secondary N) is 1. The molecule has 0 fully saturated rings. The monoisotopic (exact) mass is 196 g/mol. The summed E-state index contributed by atoms with van der Waals surface area (Å²) >= 11 is 0. The van der Waals surface area contributed by atoms with Crippen LogP contribution in [0.2, 0.25) is 0 Å². The average Bonchev–Trinajstić information content (AvgIpc) is 2.16. The van der Waals surface area contributed by atoms with Crippen molar-refractivity contribution in [1.29, 1.82) is 0 Å². The second-order valence-electron chi connectivity index (χ2n) is 3.50. The summed E-state index contributed by atoms with van der Waals surface area (Å²) in [5, 5.41) is 12.2. The Balaban J connectivity index is 2.63. The summed E-state index contributed by atoms with van der Waals surface area (Å²) in [4.78, 5) is 7.94. The van der Waals surface area contributed by atoms with Crippen LogP contribution in [-0.4, -0.2) is 27.7 Å². The molecule has 0 unspecified atom stereocenters. The third-order valence-electron chi connectivity index (χ3n) is 2.01. The fraction of sp³-hybridized carbons (Fsp3) is 0.556.